The monoisotopic (exact) mass is 220 g/mol. The summed E-state index contributed by atoms with van der Waals surface area (Å²) in [6, 6.07) is 6.74. The largest absolute Gasteiger partial charge is 0.389 e. The first-order valence-electron chi connectivity index (χ1n) is 4.52. The molecule has 82 valence electrons. The molecule has 0 amide bonds. The highest BCUT2D eigenvalue weighted by Crippen LogP contribution is 2.21. The van der Waals surface area contributed by atoms with E-state index in [0.717, 1.165) is 12.1 Å². The zero-order valence-corrected chi connectivity index (χ0v) is 8.26. The molecule has 5 heteroatoms. The number of aliphatic hydroxyl groups excluding tert-OH is 2. The van der Waals surface area contributed by atoms with Crippen LogP contribution in [0.3, 0.4) is 0 Å². The normalized spacial score (nSPS) is 13.6. The molecule has 0 heterocycles. The molecule has 2 unspecified atom stereocenters. The highest BCUT2D eigenvalue weighted by molar-refractivity contribution is 5.35. The van der Waals surface area contributed by atoms with Crippen LogP contribution in [0.15, 0.2) is 18.2 Å². The van der Waals surface area contributed by atoms with Crippen molar-refractivity contribution in [2.75, 3.05) is 0 Å². The van der Waals surface area contributed by atoms with E-state index in [9.17, 15) is 14.6 Å². The highest BCUT2D eigenvalue weighted by atomic mass is 19.1. The molecule has 2 atom stereocenters. The second-order valence-corrected chi connectivity index (χ2v) is 3.26. The van der Waals surface area contributed by atoms with E-state index in [1.54, 1.807) is 12.1 Å². The first kappa shape index (κ1) is 12.1. The van der Waals surface area contributed by atoms with Gasteiger partial charge in [0.25, 0.3) is 0 Å². The van der Waals surface area contributed by atoms with E-state index in [1.165, 1.54) is 6.07 Å². The molecule has 0 saturated carbocycles. The van der Waals surface area contributed by atoms with Crippen LogP contribution in [0.4, 0.5) is 4.39 Å². The topological polar surface area (TPSA) is 88.0 Å². The fourth-order valence-electron chi connectivity index (χ4n) is 1.27. The maximum atomic E-state index is 13.0. The van der Waals surface area contributed by atoms with Gasteiger partial charge in [0.2, 0.25) is 0 Å². The molecule has 0 aliphatic heterocycles. The summed E-state index contributed by atoms with van der Waals surface area (Å²) in [5, 5.41) is 35.9. The van der Waals surface area contributed by atoms with Gasteiger partial charge in [-0.05, 0) is 23.8 Å². The molecule has 0 aliphatic carbocycles. The van der Waals surface area contributed by atoms with Gasteiger partial charge in [0.05, 0.1) is 30.2 Å². The van der Waals surface area contributed by atoms with Crippen molar-refractivity contribution in [2.45, 2.75) is 18.6 Å². The van der Waals surface area contributed by atoms with Gasteiger partial charge in [-0.3, -0.25) is 0 Å². The summed E-state index contributed by atoms with van der Waals surface area (Å²) in [6.07, 6.45) is -2.93. The fraction of sp³-hybridized carbons (Fsp3) is 0.273. The standard InChI is InChI=1S/C11H9FN2O2/c12-9-4-7(6-14)3-8(5-9)11(16)10(15)1-2-13/h3-5,10-11,15-16H,1H2. The van der Waals surface area contributed by atoms with Crippen molar-refractivity contribution < 1.29 is 14.6 Å². The second-order valence-electron chi connectivity index (χ2n) is 3.26. The van der Waals surface area contributed by atoms with Crippen molar-refractivity contribution in [2.24, 2.45) is 0 Å². The van der Waals surface area contributed by atoms with Gasteiger partial charge in [-0.15, -0.1) is 0 Å². The smallest absolute Gasteiger partial charge is 0.124 e. The summed E-state index contributed by atoms with van der Waals surface area (Å²) in [7, 11) is 0. The van der Waals surface area contributed by atoms with Gasteiger partial charge >= 0.3 is 0 Å². The summed E-state index contributed by atoms with van der Waals surface area (Å²) in [4.78, 5) is 0. The van der Waals surface area contributed by atoms with Crippen LogP contribution in [0.5, 0.6) is 0 Å². The lowest BCUT2D eigenvalue weighted by atomic mass is 10.0. The Morgan fingerprint density at radius 2 is 1.94 bits per heavy atom. The van der Waals surface area contributed by atoms with Crippen molar-refractivity contribution in [3.63, 3.8) is 0 Å². The maximum absolute atomic E-state index is 13.0. The molecule has 0 spiro atoms. The number of hydrogen-bond donors (Lipinski definition) is 2. The Kier molecular flexibility index (Phi) is 3.96. The molecule has 1 aromatic carbocycles. The molecule has 2 N–H and O–H groups in total. The molecule has 4 nitrogen and oxygen atoms in total. The van der Waals surface area contributed by atoms with Gasteiger partial charge < -0.3 is 10.2 Å². The van der Waals surface area contributed by atoms with E-state index in [4.69, 9.17) is 10.5 Å². The minimum absolute atomic E-state index is 0.0539. The van der Waals surface area contributed by atoms with E-state index in [1.807, 2.05) is 0 Å². The van der Waals surface area contributed by atoms with Crippen molar-refractivity contribution in [1.82, 2.24) is 0 Å². The van der Waals surface area contributed by atoms with Crippen LogP contribution in [-0.4, -0.2) is 16.3 Å². The number of nitriles is 2. The zero-order valence-electron chi connectivity index (χ0n) is 8.26. The lowest BCUT2D eigenvalue weighted by molar-refractivity contribution is 0.0214. The van der Waals surface area contributed by atoms with E-state index >= 15 is 0 Å². The molecule has 1 rings (SSSR count). The van der Waals surface area contributed by atoms with Crippen LogP contribution in [0.2, 0.25) is 0 Å². The van der Waals surface area contributed by atoms with Crippen molar-refractivity contribution in [3.8, 4) is 12.1 Å². The van der Waals surface area contributed by atoms with Crippen LogP contribution in [0, 0.1) is 28.5 Å². The third-order valence-corrected chi connectivity index (χ3v) is 2.06. The van der Waals surface area contributed by atoms with Gasteiger partial charge in [0.15, 0.2) is 0 Å². The second kappa shape index (κ2) is 5.22. The molecule has 16 heavy (non-hydrogen) atoms. The van der Waals surface area contributed by atoms with Crippen LogP contribution >= 0.6 is 0 Å². The zero-order chi connectivity index (χ0) is 12.1. The van der Waals surface area contributed by atoms with Gasteiger partial charge in [-0.1, -0.05) is 0 Å². The van der Waals surface area contributed by atoms with Gasteiger partial charge in [0.1, 0.15) is 11.9 Å². The molecule has 0 radical (unpaired) electrons. The van der Waals surface area contributed by atoms with Crippen LogP contribution < -0.4 is 0 Å². The molecular formula is C11H9FN2O2. The first-order valence-corrected chi connectivity index (χ1v) is 4.52. The third-order valence-electron chi connectivity index (χ3n) is 2.06. The van der Waals surface area contributed by atoms with E-state index in [2.05, 4.69) is 0 Å². The summed E-state index contributed by atoms with van der Waals surface area (Å²) >= 11 is 0. The van der Waals surface area contributed by atoms with Gasteiger partial charge in [0, 0.05) is 0 Å². The summed E-state index contributed by atoms with van der Waals surface area (Å²) in [5.41, 5.74) is 0.137. The lowest BCUT2D eigenvalue weighted by Gasteiger charge is -2.15. The fourth-order valence-corrected chi connectivity index (χ4v) is 1.27. The number of hydrogen-bond acceptors (Lipinski definition) is 4. The Morgan fingerprint density at radius 1 is 1.25 bits per heavy atom. The third kappa shape index (κ3) is 2.77. The van der Waals surface area contributed by atoms with Crippen molar-refractivity contribution >= 4 is 0 Å². The molecule has 0 aliphatic rings. The molecular weight excluding hydrogens is 211 g/mol. The lowest BCUT2D eigenvalue weighted by Crippen LogP contribution is -2.17. The quantitative estimate of drug-likeness (QED) is 0.795. The number of aliphatic hydroxyl groups is 2. The van der Waals surface area contributed by atoms with Crippen LogP contribution in [0.25, 0.3) is 0 Å². The Morgan fingerprint density at radius 3 is 2.50 bits per heavy atom. The molecule has 0 fully saturated rings. The summed E-state index contributed by atoms with van der Waals surface area (Å²) in [6.45, 7) is 0. The minimum Gasteiger partial charge on any atom is -0.389 e. The molecule has 1 aromatic rings. The van der Waals surface area contributed by atoms with E-state index < -0.39 is 18.0 Å². The highest BCUT2D eigenvalue weighted by Gasteiger charge is 2.19. The van der Waals surface area contributed by atoms with Crippen LogP contribution in [-0.2, 0) is 0 Å². The molecule has 0 saturated heterocycles. The number of rotatable bonds is 3. The van der Waals surface area contributed by atoms with Crippen molar-refractivity contribution in [3.05, 3.63) is 35.1 Å². The number of nitrogens with zero attached hydrogens (tertiary/aromatic N) is 2. The average Bonchev–Trinajstić information content (AvgIpc) is 2.27. The number of benzene rings is 1. The first-order chi connectivity index (χ1) is 7.58. The Balaban J connectivity index is 3.00. The van der Waals surface area contributed by atoms with E-state index in [0.29, 0.717) is 0 Å². The SMILES string of the molecule is N#CCC(O)C(O)c1cc(F)cc(C#N)c1. The van der Waals surface area contributed by atoms with E-state index in [-0.39, 0.29) is 17.5 Å². The Bertz CT molecular complexity index is 462. The van der Waals surface area contributed by atoms with Crippen LogP contribution in [0.1, 0.15) is 23.7 Å². The van der Waals surface area contributed by atoms with Gasteiger partial charge in [-0.2, -0.15) is 10.5 Å². The number of halogens is 1. The van der Waals surface area contributed by atoms with Gasteiger partial charge in [-0.25, -0.2) is 4.39 Å². The molecule has 0 bridgehead atoms. The predicted molar refractivity (Wildman–Crippen MR) is 52.3 cm³/mol. The predicted octanol–water partition coefficient (Wildman–Crippen LogP) is 1.01. The molecule has 0 aromatic heterocycles. The van der Waals surface area contributed by atoms with Crippen molar-refractivity contribution in [1.29, 1.82) is 10.5 Å². The maximum Gasteiger partial charge on any atom is 0.124 e. The Labute approximate surface area is 91.8 Å². The average molecular weight is 220 g/mol. The Hall–Kier alpha value is -1.95. The summed E-state index contributed by atoms with van der Waals surface area (Å²) < 4.78 is 13.0. The summed E-state index contributed by atoms with van der Waals surface area (Å²) in [5.74, 6) is -0.669. The minimum atomic E-state index is -1.37.